The van der Waals surface area contributed by atoms with Crippen molar-refractivity contribution < 1.29 is 15.0 Å². The number of aldehydes is 1. The maximum Gasteiger partial charge on any atom is 0.150 e. The number of rotatable bonds is 6. The minimum absolute atomic E-state index is 0.283. The van der Waals surface area contributed by atoms with Crippen LogP contribution in [0.1, 0.15) is 28.4 Å². The fraction of sp³-hybridized carbons (Fsp3) is 0.417. The normalized spacial score (nSPS) is 14.4. The van der Waals surface area contributed by atoms with Gasteiger partial charge in [0, 0.05) is 16.1 Å². The van der Waals surface area contributed by atoms with Crippen molar-refractivity contribution in [1.29, 1.82) is 0 Å². The molecule has 0 aliphatic rings. The maximum absolute atomic E-state index is 10.5. The van der Waals surface area contributed by atoms with Crippen LogP contribution in [0.15, 0.2) is 18.2 Å². The van der Waals surface area contributed by atoms with Crippen molar-refractivity contribution in [2.75, 3.05) is 13.6 Å². The molecular weight excluding hydrogens is 242 g/mol. The second-order valence-corrected chi connectivity index (χ2v) is 4.21. The summed E-state index contributed by atoms with van der Waals surface area (Å²) in [4.78, 5) is 10.5. The number of aliphatic hydroxyl groups is 2. The number of halogens is 1. The Bertz CT molecular complexity index is 384. The molecule has 0 saturated heterocycles. The average Bonchev–Trinajstić information content (AvgIpc) is 2.34. The lowest BCUT2D eigenvalue weighted by molar-refractivity contribution is 0.0141. The van der Waals surface area contributed by atoms with E-state index in [0.717, 1.165) is 0 Å². The summed E-state index contributed by atoms with van der Waals surface area (Å²) in [6.45, 7) is 0.599. The molecule has 1 aromatic carbocycles. The summed E-state index contributed by atoms with van der Waals surface area (Å²) in [6.07, 6.45) is -0.832. The van der Waals surface area contributed by atoms with E-state index in [0.29, 0.717) is 30.4 Å². The van der Waals surface area contributed by atoms with Crippen LogP contribution < -0.4 is 5.32 Å². The van der Waals surface area contributed by atoms with Crippen LogP contribution in [0, 0.1) is 0 Å². The Morgan fingerprint density at radius 1 is 1.47 bits per heavy atom. The highest BCUT2D eigenvalue weighted by Crippen LogP contribution is 2.27. The molecule has 0 fully saturated rings. The van der Waals surface area contributed by atoms with Crippen molar-refractivity contribution in [2.24, 2.45) is 0 Å². The molecule has 0 aromatic heterocycles. The number of carbonyl (C=O) groups is 1. The van der Waals surface area contributed by atoms with Gasteiger partial charge in [-0.05, 0) is 26.1 Å². The lowest BCUT2D eigenvalue weighted by Gasteiger charge is -2.19. The zero-order valence-electron chi connectivity index (χ0n) is 9.56. The Morgan fingerprint density at radius 2 is 2.18 bits per heavy atom. The molecule has 2 atom stereocenters. The summed E-state index contributed by atoms with van der Waals surface area (Å²) in [5.74, 6) is 0. The number of aliphatic hydroxyl groups excluding tert-OH is 2. The summed E-state index contributed by atoms with van der Waals surface area (Å²) >= 11 is 5.94. The van der Waals surface area contributed by atoms with E-state index in [1.165, 1.54) is 6.07 Å². The fourth-order valence-electron chi connectivity index (χ4n) is 1.51. The molecule has 0 spiro atoms. The Kier molecular flexibility index (Phi) is 5.58. The summed E-state index contributed by atoms with van der Waals surface area (Å²) in [5, 5.41) is 22.8. The van der Waals surface area contributed by atoms with Gasteiger partial charge in [-0.25, -0.2) is 0 Å². The molecular formula is C12H16ClNO3. The molecule has 0 saturated carbocycles. The highest BCUT2D eigenvalue weighted by Gasteiger charge is 2.20. The first-order valence-corrected chi connectivity index (χ1v) is 5.73. The van der Waals surface area contributed by atoms with Gasteiger partial charge in [-0.1, -0.05) is 23.7 Å². The van der Waals surface area contributed by atoms with Crippen molar-refractivity contribution in [2.45, 2.75) is 18.6 Å². The van der Waals surface area contributed by atoms with Gasteiger partial charge in [0.1, 0.15) is 12.4 Å². The van der Waals surface area contributed by atoms with Gasteiger partial charge in [0.15, 0.2) is 0 Å². The van der Waals surface area contributed by atoms with E-state index in [4.69, 9.17) is 11.6 Å². The fourth-order valence-corrected chi connectivity index (χ4v) is 1.81. The first-order chi connectivity index (χ1) is 8.10. The van der Waals surface area contributed by atoms with E-state index in [1.54, 1.807) is 19.2 Å². The topological polar surface area (TPSA) is 69.6 Å². The Morgan fingerprint density at radius 3 is 2.71 bits per heavy atom. The molecule has 1 aromatic rings. The lowest BCUT2D eigenvalue weighted by Crippen LogP contribution is -2.23. The highest BCUT2D eigenvalue weighted by molar-refractivity contribution is 6.31. The summed E-state index contributed by atoms with van der Waals surface area (Å²) < 4.78 is 0. The Labute approximate surface area is 105 Å². The van der Waals surface area contributed by atoms with Crippen molar-refractivity contribution in [1.82, 2.24) is 5.32 Å². The zero-order chi connectivity index (χ0) is 12.8. The minimum atomic E-state index is -1.04. The molecule has 0 heterocycles. The van der Waals surface area contributed by atoms with Crippen LogP contribution in [0.2, 0.25) is 5.02 Å². The SMILES string of the molecule is CNCCC(O)C(O)c1ccc(C=O)cc1Cl. The monoisotopic (exact) mass is 257 g/mol. The van der Waals surface area contributed by atoms with Crippen LogP contribution in [0.5, 0.6) is 0 Å². The van der Waals surface area contributed by atoms with Crippen molar-refractivity contribution in [3.05, 3.63) is 34.3 Å². The van der Waals surface area contributed by atoms with Crippen LogP contribution in [0.4, 0.5) is 0 Å². The maximum atomic E-state index is 10.5. The highest BCUT2D eigenvalue weighted by atomic mass is 35.5. The third-order valence-electron chi connectivity index (χ3n) is 2.53. The van der Waals surface area contributed by atoms with Gasteiger partial charge in [0.2, 0.25) is 0 Å². The first-order valence-electron chi connectivity index (χ1n) is 5.35. The van der Waals surface area contributed by atoms with Gasteiger partial charge in [-0.15, -0.1) is 0 Å². The van der Waals surface area contributed by atoms with Gasteiger partial charge in [-0.2, -0.15) is 0 Å². The van der Waals surface area contributed by atoms with Gasteiger partial charge < -0.3 is 15.5 Å². The number of hydrogen-bond donors (Lipinski definition) is 3. The summed E-state index contributed by atoms with van der Waals surface area (Å²) in [5.41, 5.74) is 0.872. The third-order valence-corrected chi connectivity index (χ3v) is 2.86. The Hall–Kier alpha value is -0.940. The number of hydrogen-bond acceptors (Lipinski definition) is 4. The van der Waals surface area contributed by atoms with Gasteiger partial charge in [0.25, 0.3) is 0 Å². The average molecular weight is 258 g/mol. The van der Waals surface area contributed by atoms with Crippen LogP contribution in [-0.2, 0) is 0 Å². The molecule has 1 rings (SSSR count). The Balaban J connectivity index is 2.81. The van der Waals surface area contributed by atoms with E-state index < -0.39 is 12.2 Å². The molecule has 2 unspecified atom stereocenters. The second kappa shape index (κ2) is 6.71. The minimum Gasteiger partial charge on any atom is -0.390 e. The van der Waals surface area contributed by atoms with Crippen molar-refractivity contribution in [3.8, 4) is 0 Å². The van der Waals surface area contributed by atoms with Crippen LogP contribution in [0.25, 0.3) is 0 Å². The number of carbonyl (C=O) groups excluding carboxylic acids is 1. The predicted molar refractivity (Wildman–Crippen MR) is 66.3 cm³/mol. The molecule has 0 bridgehead atoms. The summed E-state index contributed by atoms with van der Waals surface area (Å²) in [6, 6.07) is 4.58. The number of benzene rings is 1. The zero-order valence-corrected chi connectivity index (χ0v) is 10.3. The largest absolute Gasteiger partial charge is 0.390 e. The quantitative estimate of drug-likeness (QED) is 0.669. The summed E-state index contributed by atoms with van der Waals surface area (Å²) in [7, 11) is 1.77. The van der Waals surface area contributed by atoms with Gasteiger partial charge in [-0.3, -0.25) is 4.79 Å². The van der Waals surface area contributed by atoms with Crippen molar-refractivity contribution >= 4 is 17.9 Å². The molecule has 5 heteroatoms. The molecule has 17 heavy (non-hydrogen) atoms. The van der Waals surface area contributed by atoms with Crippen LogP contribution >= 0.6 is 11.6 Å². The van der Waals surface area contributed by atoms with E-state index in [1.807, 2.05) is 0 Å². The lowest BCUT2D eigenvalue weighted by atomic mass is 10.0. The van der Waals surface area contributed by atoms with Gasteiger partial charge >= 0.3 is 0 Å². The first kappa shape index (κ1) is 14.1. The van der Waals surface area contributed by atoms with E-state index in [-0.39, 0.29) is 5.02 Å². The van der Waals surface area contributed by atoms with E-state index in [9.17, 15) is 15.0 Å². The number of nitrogens with one attached hydrogen (secondary N) is 1. The van der Waals surface area contributed by atoms with Crippen LogP contribution in [-0.4, -0.2) is 36.2 Å². The molecule has 4 nitrogen and oxygen atoms in total. The van der Waals surface area contributed by atoms with Crippen molar-refractivity contribution in [3.63, 3.8) is 0 Å². The molecule has 0 radical (unpaired) electrons. The standard InChI is InChI=1S/C12H16ClNO3/c1-14-5-4-11(16)12(17)9-3-2-8(7-15)6-10(9)13/h2-3,6-7,11-12,14,16-17H,4-5H2,1H3. The molecule has 0 aliphatic carbocycles. The molecule has 0 amide bonds. The smallest absolute Gasteiger partial charge is 0.150 e. The third kappa shape index (κ3) is 3.78. The van der Waals surface area contributed by atoms with E-state index in [2.05, 4.69) is 5.32 Å². The van der Waals surface area contributed by atoms with E-state index >= 15 is 0 Å². The van der Waals surface area contributed by atoms with Gasteiger partial charge in [0.05, 0.1) is 6.10 Å². The molecule has 3 N–H and O–H groups in total. The van der Waals surface area contributed by atoms with Crippen LogP contribution in [0.3, 0.4) is 0 Å². The predicted octanol–water partition coefficient (Wildman–Crippen LogP) is 1.16. The second-order valence-electron chi connectivity index (χ2n) is 3.80. The molecule has 94 valence electrons. The molecule has 0 aliphatic heterocycles.